The molecule has 0 aliphatic rings. The minimum atomic E-state index is -0.247. The summed E-state index contributed by atoms with van der Waals surface area (Å²) < 4.78 is 2.21. The number of aromatic nitrogens is 1. The summed E-state index contributed by atoms with van der Waals surface area (Å²) >= 11 is 0. The standard InChI is InChI=1S/C17H26N2O/c1-13(20)7-9-19-10-8-15-11-14(5-6-16(15)19)12-18-17(2,3)4/h5-6,8,10-11,13,18,20H,7,9,12H2,1-4H3. The molecule has 0 fully saturated rings. The van der Waals surface area contributed by atoms with Crippen molar-refractivity contribution in [1.82, 2.24) is 9.88 Å². The summed E-state index contributed by atoms with van der Waals surface area (Å²) in [6.45, 7) is 10.1. The van der Waals surface area contributed by atoms with E-state index >= 15 is 0 Å². The van der Waals surface area contributed by atoms with E-state index in [4.69, 9.17) is 0 Å². The molecule has 0 radical (unpaired) electrons. The van der Waals surface area contributed by atoms with Crippen LogP contribution in [0, 0.1) is 0 Å². The molecule has 2 aromatic rings. The average molecular weight is 274 g/mol. The van der Waals surface area contributed by atoms with Crippen molar-refractivity contribution in [1.29, 1.82) is 0 Å². The molecule has 0 aliphatic carbocycles. The number of nitrogens with one attached hydrogen (secondary N) is 1. The van der Waals surface area contributed by atoms with Crippen LogP contribution in [0.2, 0.25) is 0 Å². The molecule has 1 heterocycles. The molecule has 3 nitrogen and oxygen atoms in total. The monoisotopic (exact) mass is 274 g/mol. The minimum Gasteiger partial charge on any atom is -0.393 e. The highest BCUT2D eigenvalue weighted by Gasteiger charge is 2.09. The number of fused-ring (bicyclic) bond motifs is 1. The van der Waals surface area contributed by atoms with Gasteiger partial charge < -0.3 is 15.0 Å². The molecule has 0 aliphatic heterocycles. The highest BCUT2D eigenvalue weighted by Crippen LogP contribution is 2.19. The first kappa shape index (κ1) is 15.1. The third-order valence-electron chi connectivity index (χ3n) is 3.45. The van der Waals surface area contributed by atoms with E-state index in [1.165, 1.54) is 16.5 Å². The lowest BCUT2D eigenvalue weighted by atomic mass is 10.1. The Bertz CT molecular complexity index is 564. The van der Waals surface area contributed by atoms with Crippen LogP contribution >= 0.6 is 0 Å². The molecule has 1 unspecified atom stereocenters. The van der Waals surface area contributed by atoms with Gasteiger partial charge in [-0.15, -0.1) is 0 Å². The quantitative estimate of drug-likeness (QED) is 0.878. The molecule has 3 heteroatoms. The molecule has 0 bridgehead atoms. The Labute approximate surface area is 121 Å². The number of benzene rings is 1. The highest BCUT2D eigenvalue weighted by molar-refractivity contribution is 5.80. The molecule has 0 saturated carbocycles. The lowest BCUT2D eigenvalue weighted by molar-refractivity contribution is 0.178. The summed E-state index contributed by atoms with van der Waals surface area (Å²) in [5, 5.41) is 14.2. The molecule has 2 N–H and O–H groups in total. The fourth-order valence-corrected chi connectivity index (χ4v) is 2.25. The summed E-state index contributed by atoms with van der Waals surface area (Å²) in [7, 11) is 0. The Kier molecular flexibility index (Phi) is 4.51. The van der Waals surface area contributed by atoms with E-state index in [0.717, 1.165) is 19.5 Å². The van der Waals surface area contributed by atoms with Gasteiger partial charge in [0.25, 0.3) is 0 Å². The van der Waals surface area contributed by atoms with Crippen LogP contribution in [-0.4, -0.2) is 21.3 Å². The first-order valence-corrected chi connectivity index (χ1v) is 7.36. The van der Waals surface area contributed by atoms with Crippen LogP contribution in [0.15, 0.2) is 30.5 Å². The van der Waals surface area contributed by atoms with Crippen LogP contribution in [0.3, 0.4) is 0 Å². The van der Waals surface area contributed by atoms with Crippen LogP contribution in [-0.2, 0) is 13.1 Å². The van der Waals surface area contributed by atoms with Crippen LogP contribution in [0.1, 0.15) is 39.7 Å². The summed E-state index contributed by atoms with van der Waals surface area (Å²) in [4.78, 5) is 0. The fraction of sp³-hybridized carbons (Fsp3) is 0.529. The van der Waals surface area contributed by atoms with Crippen molar-refractivity contribution >= 4 is 10.9 Å². The van der Waals surface area contributed by atoms with Crippen molar-refractivity contribution in [3.8, 4) is 0 Å². The van der Waals surface area contributed by atoms with E-state index in [9.17, 15) is 5.11 Å². The molecule has 20 heavy (non-hydrogen) atoms. The summed E-state index contributed by atoms with van der Waals surface area (Å²) in [6, 6.07) is 8.75. The topological polar surface area (TPSA) is 37.2 Å². The van der Waals surface area contributed by atoms with E-state index < -0.39 is 0 Å². The highest BCUT2D eigenvalue weighted by atomic mass is 16.3. The van der Waals surface area contributed by atoms with E-state index in [1.807, 2.05) is 6.92 Å². The zero-order valence-corrected chi connectivity index (χ0v) is 13.0. The van der Waals surface area contributed by atoms with Gasteiger partial charge in [0.15, 0.2) is 0 Å². The van der Waals surface area contributed by atoms with Gasteiger partial charge in [0.2, 0.25) is 0 Å². The molecule has 2 rings (SSSR count). The zero-order valence-electron chi connectivity index (χ0n) is 13.0. The Balaban J connectivity index is 2.11. The lowest BCUT2D eigenvalue weighted by Crippen LogP contribution is -2.35. The molecule has 1 aromatic carbocycles. The summed E-state index contributed by atoms with van der Waals surface area (Å²) in [5.41, 5.74) is 2.68. The largest absolute Gasteiger partial charge is 0.393 e. The van der Waals surface area contributed by atoms with Crippen molar-refractivity contribution < 1.29 is 5.11 Å². The number of nitrogens with zero attached hydrogens (tertiary/aromatic N) is 1. The van der Waals surface area contributed by atoms with E-state index in [2.05, 4.69) is 61.1 Å². The van der Waals surface area contributed by atoms with Crippen molar-refractivity contribution in [2.45, 2.75) is 58.8 Å². The van der Waals surface area contributed by atoms with Gasteiger partial charge >= 0.3 is 0 Å². The SMILES string of the molecule is CC(O)CCn1ccc2cc(CNC(C)(C)C)ccc21. The maximum Gasteiger partial charge on any atom is 0.0529 e. The van der Waals surface area contributed by atoms with Gasteiger partial charge in [-0.2, -0.15) is 0 Å². The van der Waals surface area contributed by atoms with Gasteiger partial charge in [-0.3, -0.25) is 0 Å². The molecule has 110 valence electrons. The van der Waals surface area contributed by atoms with Crippen LogP contribution in [0.4, 0.5) is 0 Å². The minimum absolute atomic E-state index is 0.137. The maximum atomic E-state index is 9.39. The van der Waals surface area contributed by atoms with Gasteiger partial charge in [-0.1, -0.05) is 6.07 Å². The molecule has 0 saturated heterocycles. The zero-order chi connectivity index (χ0) is 14.8. The molecule has 1 aromatic heterocycles. The lowest BCUT2D eigenvalue weighted by Gasteiger charge is -2.20. The Morgan fingerprint density at radius 1 is 1.25 bits per heavy atom. The normalized spacial score (nSPS) is 13.8. The fourth-order valence-electron chi connectivity index (χ4n) is 2.25. The Hall–Kier alpha value is -1.32. The van der Waals surface area contributed by atoms with Crippen molar-refractivity contribution in [2.24, 2.45) is 0 Å². The van der Waals surface area contributed by atoms with Gasteiger partial charge in [-0.25, -0.2) is 0 Å². The van der Waals surface area contributed by atoms with Crippen molar-refractivity contribution in [2.75, 3.05) is 0 Å². The number of hydrogen-bond donors (Lipinski definition) is 2. The number of aliphatic hydroxyl groups excluding tert-OH is 1. The predicted molar refractivity (Wildman–Crippen MR) is 84.8 cm³/mol. The summed E-state index contributed by atoms with van der Waals surface area (Å²) in [5.74, 6) is 0. The first-order valence-electron chi connectivity index (χ1n) is 7.36. The number of rotatable bonds is 5. The van der Waals surface area contributed by atoms with Gasteiger partial charge in [0.05, 0.1) is 6.10 Å². The molecule has 0 spiro atoms. The van der Waals surface area contributed by atoms with Crippen molar-refractivity contribution in [3.63, 3.8) is 0 Å². The van der Waals surface area contributed by atoms with Gasteiger partial charge in [0.1, 0.15) is 0 Å². The van der Waals surface area contributed by atoms with E-state index in [1.54, 1.807) is 0 Å². The van der Waals surface area contributed by atoms with Crippen LogP contribution in [0.5, 0.6) is 0 Å². The maximum absolute atomic E-state index is 9.39. The first-order chi connectivity index (χ1) is 9.35. The summed E-state index contributed by atoms with van der Waals surface area (Å²) in [6.07, 6.45) is 2.65. The smallest absolute Gasteiger partial charge is 0.0529 e. The number of aryl methyl sites for hydroxylation is 1. The Morgan fingerprint density at radius 3 is 2.65 bits per heavy atom. The second-order valence-electron chi connectivity index (χ2n) is 6.64. The Morgan fingerprint density at radius 2 is 2.00 bits per heavy atom. The number of aliphatic hydroxyl groups is 1. The van der Waals surface area contributed by atoms with Gasteiger partial charge in [0, 0.05) is 30.3 Å². The molecular weight excluding hydrogens is 248 g/mol. The van der Waals surface area contributed by atoms with Crippen LogP contribution < -0.4 is 5.32 Å². The van der Waals surface area contributed by atoms with Gasteiger partial charge in [-0.05, 0) is 63.3 Å². The average Bonchev–Trinajstić information content (AvgIpc) is 2.75. The number of hydrogen-bond acceptors (Lipinski definition) is 2. The second kappa shape index (κ2) is 5.98. The predicted octanol–water partition coefficient (Wildman–Crippen LogP) is 3.30. The molecule has 1 atom stereocenters. The van der Waals surface area contributed by atoms with Crippen molar-refractivity contribution in [3.05, 3.63) is 36.0 Å². The molecule has 0 amide bonds. The van der Waals surface area contributed by atoms with Crippen LogP contribution in [0.25, 0.3) is 10.9 Å². The molecular formula is C17H26N2O. The third kappa shape index (κ3) is 4.09. The third-order valence-corrected chi connectivity index (χ3v) is 3.45. The second-order valence-corrected chi connectivity index (χ2v) is 6.64. The van der Waals surface area contributed by atoms with E-state index in [-0.39, 0.29) is 11.6 Å². The van der Waals surface area contributed by atoms with E-state index in [0.29, 0.717) is 0 Å².